The molecule has 0 aliphatic rings. The summed E-state index contributed by atoms with van der Waals surface area (Å²) in [6.07, 6.45) is 1.94. The molecule has 0 fully saturated rings. The summed E-state index contributed by atoms with van der Waals surface area (Å²) in [6, 6.07) is 0. The molecule has 0 bridgehead atoms. The maximum Gasteiger partial charge on any atom is 0.222 e. The van der Waals surface area contributed by atoms with E-state index in [2.05, 4.69) is 6.92 Å². The van der Waals surface area contributed by atoms with Gasteiger partial charge in [-0.15, -0.1) is 0 Å². The van der Waals surface area contributed by atoms with E-state index < -0.39 is 0 Å². The Labute approximate surface area is 74.3 Å². The van der Waals surface area contributed by atoms with E-state index in [0.717, 1.165) is 12.8 Å². The first-order valence-electron chi connectivity index (χ1n) is 4.52. The van der Waals surface area contributed by atoms with Gasteiger partial charge < -0.3 is 10.5 Å². The van der Waals surface area contributed by atoms with E-state index in [1.165, 1.54) is 0 Å². The number of ether oxygens (including phenoxy) is 1. The highest BCUT2D eigenvalue weighted by Gasteiger charge is 2.13. The van der Waals surface area contributed by atoms with Gasteiger partial charge >= 0.3 is 0 Å². The van der Waals surface area contributed by atoms with Crippen molar-refractivity contribution in [3.05, 3.63) is 0 Å². The molecule has 0 aromatic carbocycles. The summed E-state index contributed by atoms with van der Waals surface area (Å²) >= 11 is 0. The summed E-state index contributed by atoms with van der Waals surface area (Å²) < 4.78 is 5.40. The Morgan fingerprint density at radius 3 is 2.33 bits per heavy atom. The van der Waals surface area contributed by atoms with Gasteiger partial charge in [0.15, 0.2) is 0 Å². The standard InChI is InChI=1S/C9H19NO2/c1-4-7(3)12-6-8(5-2)9(10)11/h7-8H,4-6H2,1-3H3,(H2,10,11). The predicted molar refractivity (Wildman–Crippen MR) is 48.7 cm³/mol. The normalized spacial score (nSPS) is 15.6. The third-order valence-electron chi connectivity index (χ3n) is 2.05. The zero-order valence-corrected chi connectivity index (χ0v) is 8.17. The summed E-state index contributed by atoms with van der Waals surface area (Å²) in [6.45, 7) is 6.44. The third kappa shape index (κ3) is 4.34. The summed E-state index contributed by atoms with van der Waals surface area (Å²) in [5.41, 5.74) is 5.16. The second-order valence-corrected chi connectivity index (χ2v) is 3.06. The predicted octanol–water partition coefficient (Wildman–Crippen LogP) is 1.31. The highest BCUT2D eigenvalue weighted by atomic mass is 16.5. The highest BCUT2D eigenvalue weighted by Crippen LogP contribution is 2.05. The third-order valence-corrected chi connectivity index (χ3v) is 2.05. The Morgan fingerprint density at radius 1 is 1.42 bits per heavy atom. The van der Waals surface area contributed by atoms with Crippen molar-refractivity contribution in [2.45, 2.75) is 39.7 Å². The number of hydrogen-bond acceptors (Lipinski definition) is 2. The molecule has 0 saturated carbocycles. The van der Waals surface area contributed by atoms with Crippen LogP contribution in [0.25, 0.3) is 0 Å². The molecule has 1 amide bonds. The van der Waals surface area contributed by atoms with Crippen LogP contribution in [0.15, 0.2) is 0 Å². The Kier molecular flexibility index (Phi) is 5.72. The van der Waals surface area contributed by atoms with Gasteiger partial charge in [0.05, 0.1) is 18.6 Å². The van der Waals surface area contributed by atoms with Crippen molar-refractivity contribution in [3.8, 4) is 0 Å². The summed E-state index contributed by atoms with van der Waals surface area (Å²) in [7, 11) is 0. The average molecular weight is 173 g/mol. The highest BCUT2D eigenvalue weighted by molar-refractivity contribution is 5.76. The van der Waals surface area contributed by atoms with Crippen LogP contribution in [-0.2, 0) is 9.53 Å². The zero-order chi connectivity index (χ0) is 9.56. The summed E-state index contributed by atoms with van der Waals surface area (Å²) in [4.78, 5) is 10.8. The number of hydrogen-bond donors (Lipinski definition) is 1. The largest absolute Gasteiger partial charge is 0.378 e. The SMILES string of the molecule is CCC(C)OCC(CC)C(N)=O. The van der Waals surface area contributed by atoms with Gasteiger partial charge in [-0.3, -0.25) is 4.79 Å². The van der Waals surface area contributed by atoms with Crippen molar-refractivity contribution < 1.29 is 9.53 Å². The van der Waals surface area contributed by atoms with Gasteiger partial charge in [-0.05, 0) is 19.8 Å². The van der Waals surface area contributed by atoms with Crippen LogP contribution in [0, 0.1) is 5.92 Å². The maximum atomic E-state index is 10.8. The number of amides is 1. The Morgan fingerprint density at radius 2 is 2.00 bits per heavy atom. The smallest absolute Gasteiger partial charge is 0.222 e. The monoisotopic (exact) mass is 173 g/mol. The van der Waals surface area contributed by atoms with Crippen LogP contribution in [-0.4, -0.2) is 18.6 Å². The van der Waals surface area contributed by atoms with Crippen molar-refractivity contribution in [1.29, 1.82) is 0 Å². The Balaban J connectivity index is 3.65. The van der Waals surface area contributed by atoms with E-state index >= 15 is 0 Å². The first-order chi connectivity index (χ1) is 5.61. The molecule has 0 aliphatic heterocycles. The minimum absolute atomic E-state index is 0.126. The Hall–Kier alpha value is -0.570. The quantitative estimate of drug-likeness (QED) is 0.658. The van der Waals surface area contributed by atoms with E-state index in [1.807, 2.05) is 13.8 Å². The van der Waals surface area contributed by atoms with E-state index in [4.69, 9.17) is 10.5 Å². The van der Waals surface area contributed by atoms with Crippen LogP contribution in [0.5, 0.6) is 0 Å². The lowest BCUT2D eigenvalue weighted by atomic mass is 10.1. The maximum absolute atomic E-state index is 10.8. The molecule has 0 saturated heterocycles. The van der Waals surface area contributed by atoms with Crippen LogP contribution in [0.2, 0.25) is 0 Å². The number of rotatable bonds is 6. The molecule has 3 heteroatoms. The molecule has 2 N–H and O–H groups in total. The van der Waals surface area contributed by atoms with E-state index in [9.17, 15) is 4.79 Å². The van der Waals surface area contributed by atoms with Gasteiger partial charge in [0.2, 0.25) is 5.91 Å². The number of carbonyl (C=O) groups excluding carboxylic acids is 1. The minimum Gasteiger partial charge on any atom is -0.378 e. The lowest BCUT2D eigenvalue weighted by Crippen LogP contribution is -2.28. The zero-order valence-electron chi connectivity index (χ0n) is 8.17. The van der Waals surface area contributed by atoms with Crippen molar-refractivity contribution in [3.63, 3.8) is 0 Å². The molecule has 72 valence electrons. The van der Waals surface area contributed by atoms with Crippen LogP contribution in [0.4, 0.5) is 0 Å². The van der Waals surface area contributed by atoms with Crippen molar-refractivity contribution in [2.24, 2.45) is 11.7 Å². The molecule has 12 heavy (non-hydrogen) atoms. The van der Waals surface area contributed by atoms with E-state index in [1.54, 1.807) is 0 Å². The van der Waals surface area contributed by atoms with Gasteiger partial charge in [-0.1, -0.05) is 13.8 Å². The van der Waals surface area contributed by atoms with E-state index in [0.29, 0.717) is 6.61 Å². The molecule has 0 aromatic heterocycles. The molecular formula is C9H19NO2. The Bertz CT molecular complexity index is 136. The van der Waals surface area contributed by atoms with Gasteiger partial charge in [-0.25, -0.2) is 0 Å². The van der Waals surface area contributed by atoms with Gasteiger partial charge in [0, 0.05) is 0 Å². The van der Waals surface area contributed by atoms with Gasteiger partial charge in [-0.2, -0.15) is 0 Å². The van der Waals surface area contributed by atoms with Crippen LogP contribution in [0.1, 0.15) is 33.6 Å². The molecule has 0 rings (SSSR count). The minimum atomic E-state index is -0.263. The molecule has 2 atom stereocenters. The van der Waals surface area contributed by atoms with Crippen LogP contribution >= 0.6 is 0 Å². The molecular weight excluding hydrogens is 154 g/mol. The molecule has 2 unspecified atom stereocenters. The lowest BCUT2D eigenvalue weighted by Gasteiger charge is -2.15. The number of nitrogens with two attached hydrogens (primary N) is 1. The molecule has 0 spiro atoms. The van der Waals surface area contributed by atoms with Crippen LogP contribution in [0.3, 0.4) is 0 Å². The molecule has 0 heterocycles. The fraction of sp³-hybridized carbons (Fsp3) is 0.889. The summed E-state index contributed by atoms with van der Waals surface area (Å²) in [5.74, 6) is -0.389. The lowest BCUT2D eigenvalue weighted by molar-refractivity contribution is -0.124. The molecule has 3 nitrogen and oxygen atoms in total. The fourth-order valence-corrected chi connectivity index (χ4v) is 0.799. The molecule has 0 aliphatic carbocycles. The van der Waals surface area contributed by atoms with Crippen molar-refractivity contribution in [2.75, 3.05) is 6.61 Å². The summed E-state index contributed by atoms with van der Waals surface area (Å²) in [5, 5.41) is 0. The fourth-order valence-electron chi connectivity index (χ4n) is 0.799. The number of carbonyl (C=O) groups is 1. The van der Waals surface area contributed by atoms with Crippen molar-refractivity contribution >= 4 is 5.91 Å². The molecule has 0 aromatic rings. The second kappa shape index (κ2) is 6.00. The van der Waals surface area contributed by atoms with E-state index in [-0.39, 0.29) is 17.9 Å². The van der Waals surface area contributed by atoms with Gasteiger partial charge in [0.25, 0.3) is 0 Å². The topological polar surface area (TPSA) is 52.3 Å². The first-order valence-corrected chi connectivity index (χ1v) is 4.52. The van der Waals surface area contributed by atoms with Crippen molar-refractivity contribution in [1.82, 2.24) is 0 Å². The van der Waals surface area contributed by atoms with Crippen LogP contribution < -0.4 is 5.73 Å². The van der Waals surface area contributed by atoms with Gasteiger partial charge in [0.1, 0.15) is 0 Å². The second-order valence-electron chi connectivity index (χ2n) is 3.06. The first kappa shape index (κ1) is 11.4. The molecule has 0 radical (unpaired) electrons. The average Bonchev–Trinajstić information content (AvgIpc) is 2.04. The number of primary amides is 1.